The monoisotopic (exact) mass is 384 g/mol. The predicted octanol–water partition coefficient (Wildman–Crippen LogP) is 2.94. The van der Waals surface area contributed by atoms with E-state index in [9.17, 15) is 9.59 Å². The number of para-hydroxylation sites is 1. The van der Waals surface area contributed by atoms with Crippen LogP contribution in [-0.4, -0.2) is 23.6 Å². The summed E-state index contributed by atoms with van der Waals surface area (Å²) < 4.78 is 21.1. The molecule has 0 saturated heterocycles. The highest BCUT2D eigenvalue weighted by Gasteiger charge is 2.17. The van der Waals surface area contributed by atoms with E-state index in [-0.39, 0.29) is 18.7 Å². The van der Waals surface area contributed by atoms with Crippen molar-refractivity contribution >= 4 is 11.9 Å². The first-order chi connectivity index (χ1) is 13.5. The number of nitrogens with zero attached hydrogens (tertiary/aromatic N) is 1. The van der Waals surface area contributed by atoms with Crippen molar-refractivity contribution in [2.24, 2.45) is 0 Å². The van der Waals surface area contributed by atoms with Crippen molar-refractivity contribution in [3.63, 3.8) is 0 Å². The SMILES string of the molecule is Cc1noc(C)c1COc1ccccc1C(=O)OCC(=O)NCc1ccco1. The Hall–Kier alpha value is -3.55. The van der Waals surface area contributed by atoms with Crippen molar-refractivity contribution in [1.82, 2.24) is 10.5 Å². The van der Waals surface area contributed by atoms with Crippen LogP contribution >= 0.6 is 0 Å². The highest BCUT2D eigenvalue weighted by atomic mass is 16.5. The van der Waals surface area contributed by atoms with E-state index in [0.717, 1.165) is 11.3 Å². The normalized spacial score (nSPS) is 10.5. The summed E-state index contributed by atoms with van der Waals surface area (Å²) in [5.74, 6) is 0.536. The fourth-order valence-corrected chi connectivity index (χ4v) is 2.48. The van der Waals surface area contributed by atoms with Crippen molar-refractivity contribution in [2.75, 3.05) is 6.61 Å². The third-order valence-electron chi connectivity index (χ3n) is 4.03. The first-order valence-electron chi connectivity index (χ1n) is 8.64. The van der Waals surface area contributed by atoms with Crippen LogP contribution in [0.3, 0.4) is 0 Å². The number of ether oxygens (including phenoxy) is 2. The van der Waals surface area contributed by atoms with Crippen molar-refractivity contribution in [3.05, 3.63) is 71.0 Å². The highest BCUT2D eigenvalue weighted by Crippen LogP contribution is 2.22. The van der Waals surface area contributed by atoms with Gasteiger partial charge in [-0.1, -0.05) is 17.3 Å². The lowest BCUT2D eigenvalue weighted by molar-refractivity contribution is -0.124. The second-order valence-electron chi connectivity index (χ2n) is 6.02. The second kappa shape index (κ2) is 8.90. The van der Waals surface area contributed by atoms with Crippen LogP contribution in [0.2, 0.25) is 0 Å². The molecule has 1 N–H and O–H groups in total. The van der Waals surface area contributed by atoms with E-state index in [4.69, 9.17) is 18.4 Å². The summed E-state index contributed by atoms with van der Waals surface area (Å²) in [7, 11) is 0. The van der Waals surface area contributed by atoms with E-state index in [1.807, 2.05) is 6.92 Å². The molecule has 0 fully saturated rings. The van der Waals surface area contributed by atoms with E-state index in [2.05, 4.69) is 10.5 Å². The van der Waals surface area contributed by atoms with Crippen LogP contribution in [0.5, 0.6) is 5.75 Å². The summed E-state index contributed by atoms with van der Waals surface area (Å²) in [6.07, 6.45) is 1.51. The quantitative estimate of drug-likeness (QED) is 0.596. The number of carbonyl (C=O) groups excluding carboxylic acids is 2. The number of aromatic nitrogens is 1. The summed E-state index contributed by atoms with van der Waals surface area (Å²) in [5.41, 5.74) is 1.78. The average molecular weight is 384 g/mol. The number of amides is 1. The van der Waals surface area contributed by atoms with E-state index in [0.29, 0.717) is 17.3 Å². The molecule has 8 heteroatoms. The Kier molecular flexibility index (Phi) is 6.11. The molecule has 3 rings (SSSR count). The summed E-state index contributed by atoms with van der Waals surface area (Å²) in [6.45, 7) is 3.63. The van der Waals surface area contributed by atoms with Crippen LogP contribution in [-0.2, 0) is 22.7 Å². The molecular weight excluding hydrogens is 364 g/mol. The maximum absolute atomic E-state index is 12.4. The van der Waals surface area contributed by atoms with Crippen LogP contribution in [0.15, 0.2) is 51.6 Å². The number of hydrogen-bond acceptors (Lipinski definition) is 7. The van der Waals surface area contributed by atoms with Gasteiger partial charge in [0.05, 0.1) is 24.1 Å². The summed E-state index contributed by atoms with van der Waals surface area (Å²) in [5, 5.41) is 6.48. The van der Waals surface area contributed by atoms with Gasteiger partial charge in [-0.25, -0.2) is 4.79 Å². The molecule has 8 nitrogen and oxygen atoms in total. The average Bonchev–Trinajstić information content (AvgIpc) is 3.33. The minimum absolute atomic E-state index is 0.203. The molecule has 28 heavy (non-hydrogen) atoms. The molecule has 0 aliphatic rings. The van der Waals surface area contributed by atoms with Gasteiger partial charge in [-0.05, 0) is 38.1 Å². The number of furan rings is 1. The zero-order valence-electron chi connectivity index (χ0n) is 15.6. The predicted molar refractivity (Wildman–Crippen MR) is 97.6 cm³/mol. The molecule has 0 spiro atoms. The smallest absolute Gasteiger partial charge is 0.342 e. The van der Waals surface area contributed by atoms with Gasteiger partial charge in [0.15, 0.2) is 6.61 Å². The molecule has 0 bridgehead atoms. The highest BCUT2D eigenvalue weighted by molar-refractivity contribution is 5.93. The first-order valence-corrected chi connectivity index (χ1v) is 8.64. The molecular formula is C20H20N2O6. The fourth-order valence-electron chi connectivity index (χ4n) is 2.48. The zero-order chi connectivity index (χ0) is 19.9. The van der Waals surface area contributed by atoms with E-state index >= 15 is 0 Å². The summed E-state index contributed by atoms with van der Waals surface area (Å²) in [6, 6.07) is 10.1. The lowest BCUT2D eigenvalue weighted by atomic mass is 10.2. The number of esters is 1. The van der Waals surface area contributed by atoms with Crippen LogP contribution in [0, 0.1) is 13.8 Å². The number of hydrogen-bond donors (Lipinski definition) is 1. The first kappa shape index (κ1) is 19.2. The van der Waals surface area contributed by atoms with E-state index < -0.39 is 18.5 Å². The Bertz CT molecular complexity index is 926. The minimum atomic E-state index is -0.650. The largest absolute Gasteiger partial charge is 0.488 e. The number of benzene rings is 1. The Morgan fingerprint density at radius 1 is 1.14 bits per heavy atom. The number of nitrogens with one attached hydrogen (secondary N) is 1. The Morgan fingerprint density at radius 3 is 2.68 bits per heavy atom. The second-order valence-corrected chi connectivity index (χ2v) is 6.02. The van der Waals surface area contributed by atoms with Gasteiger partial charge in [0, 0.05) is 0 Å². The Labute approximate surface area is 161 Å². The third-order valence-corrected chi connectivity index (χ3v) is 4.03. The van der Waals surface area contributed by atoms with Crippen molar-refractivity contribution in [2.45, 2.75) is 27.0 Å². The van der Waals surface area contributed by atoms with Gasteiger partial charge >= 0.3 is 5.97 Å². The van der Waals surface area contributed by atoms with Crippen LogP contribution in [0.4, 0.5) is 0 Å². The van der Waals surface area contributed by atoms with Gasteiger partial charge in [-0.15, -0.1) is 0 Å². The van der Waals surface area contributed by atoms with Crippen molar-refractivity contribution in [1.29, 1.82) is 0 Å². The zero-order valence-corrected chi connectivity index (χ0v) is 15.6. The van der Waals surface area contributed by atoms with Crippen LogP contribution in [0.25, 0.3) is 0 Å². The van der Waals surface area contributed by atoms with Gasteiger partial charge in [-0.2, -0.15) is 0 Å². The molecule has 0 unspecified atom stereocenters. The molecule has 1 amide bonds. The fraction of sp³-hybridized carbons (Fsp3) is 0.250. The van der Waals surface area contributed by atoms with Gasteiger partial charge in [0.25, 0.3) is 5.91 Å². The molecule has 0 atom stereocenters. The topological polar surface area (TPSA) is 104 Å². The molecule has 0 radical (unpaired) electrons. The molecule has 3 aromatic rings. The molecule has 0 aliphatic carbocycles. The molecule has 146 valence electrons. The van der Waals surface area contributed by atoms with Crippen molar-refractivity contribution < 1.29 is 28.0 Å². The molecule has 2 aromatic heterocycles. The Morgan fingerprint density at radius 2 is 1.96 bits per heavy atom. The lowest BCUT2D eigenvalue weighted by Crippen LogP contribution is -2.28. The third kappa shape index (κ3) is 4.79. The molecule has 0 aliphatic heterocycles. The molecule has 2 heterocycles. The van der Waals surface area contributed by atoms with Gasteiger partial charge in [-0.3, -0.25) is 4.79 Å². The summed E-state index contributed by atoms with van der Waals surface area (Å²) >= 11 is 0. The molecule has 1 aromatic carbocycles. The van der Waals surface area contributed by atoms with Gasteiger partial charge in [0.1, 0.15) is 29.4 Å². The molecule has 0 saturated carbocycles. The number of rotatable bonds is 8. The van der Waals surface area contributed by atoms with Gasteiger partial charge < -0.3 is 23.7 Å². The van der Waals surface area contributed by atoms with Crippen LogP contribution < -0.4 is 10.1 Å². The lowest BCUT2D eigenvalue weighted by Gasteiger charge is -2.11. The van der Waals surface area contributed by atoms with Crippen LogP contribution in [0.1, 0.15) is 33.1 Å². The number of carbonyl (C=O) groups is 2. The maximum Gasteiger partial charge on any atom is 0.342 e. The van der Waals surface area contributed by atoms with Gasteiger partial charge in [0.2, 0.25) is 0 Å². The van der Waals surface area contributed by atoms with E-state index in [1.165, 1.54) is 6.26 Å². The van der Waals surface area contributed by atoms with Crippen molar-refractivity contribution in [3.8, 4) is 5.75 Å². The maximum atomic E-state index is 12.4. The number of aryl methyl sites for hydroxylation is 2. The minimum Gasteiger partial charge on any atom is -0.488 e. The standard InChI is InChI=1S/C20H20N2O6/c1-13-17(14(2)28-22-13)11-26-18-8-4-3-7-16(18)20(24)27-12-19(23)21-10-15-6-5-9-25-15/h3-9H,10-12H2,1-2H3,(H,21,23). The van der Waals surface area contributed by atoms with E-state index in [1.54, 1.807) is 43.3 Å². The Balaban J connectivity index is 1.55. The summed E-state index contributed by atoms with van der Waals surface area (Å²) in [4.78, 5) is 24.2.